The number of carbonyl (C=O) groups excluding carboxylic acids is 1. The lowest BCUT2D eigenvalue weighted by Gasteiger charge is -2.42. The van der Waals surface area contributed by atoms with E-state index < -0.39 is 80.7 Å². The van der Waals surface area contributed by atoms with Crippen LogP contribution >= 0.6 is 0 Å². The van der Waals surface area contributed by atoms with Crippen molar-refractivity contribution in [1.82, 2.24) is 0 Å². The maximum Gasteiger partial charge on any atom is 0.306 e. The van der Waals surface area contributed by atoms with E-state index in [1.807, 2.05) is 0 Å². The molecule has 0 saturated carbocycles. The Balaban J connectivity index is 1.71. The third-order valence-electron chi connectivity index (χ3n) is 13.9. The quantitative estimate of drug-likeness (QED) is 0.0172. The minimum atomic E-state index is -1.71. The van der Waals surface area contributed by atoms with Gasteiger partial charge < -0.3 is 64.2 Å². The zero-order chi connectivity index (χ0) is 55.1. The van der Waals surface area contributed by atoms with Gasteiger partial charge in [-0.1, -0.05) is 196 Å². The summed E-state index contributed by atoms with van der Waals surface area (Å²) >= 11 is 0. The number of rotatable bonds is 48. The second-order valence-electron chi connectivity index (χ2n) is 20.8. The van der Waals surface area contributed by atoms with Crippen LogP contribution in [0.25, 0.3) is 0 Å². The van der Waals surface area contributed by atoms with E-state index in [1.54, 1.807) is 0 Å². The van der Waals surface area contributed by atoms with E-state index in [0.717, 1.165) is 83.5 Å². The number of esters is 1. The summed E-state index contributed by atoms with van der Waals surface area (Å²) in [6.45, 7) is 3.56. The van der Waals surface area contributed by atoms with Crippen LogP contribution < -0.4 is 0 Å². The molecule has 440 valence electrons. The molecule has 76 heavy (non-hydrogen) atoms. The molecule has 0 amide bonds. The number of allylic oxidation sites excluding steroid dienone is 12. The average molecular weight is 1080 g/mol. The predicted octanol–water partition coefficient (Wildman–Crippen LogP) is 11.0. The summed E-state index contributed by atoms with van der Waals surface area (Å²) in [5, 5.41) is 72.4. The third kappa shape index (κ3) is 34.4. The summed E-state index contributed by atoms with van der Waals surface area (Å²) in [7, 11) is 0. The van der Waals surface area contributed by atoms with Gasteiger partial charge in [0.2, 0.25) is 0 Å². The van der Waals surface area contributed by atoms with Crippen LogP contribution in [0.2, 0.25) is 0 Å². The van der Waals surface area contributed by atoms with Crippen LogP contribution in [0, 0.1) is 0 Å². The molecular weight excluding hydrogens is 969 g/mol. The van der Waals surface area contributed by atoms with E-state index in [4.69, 9.17) is 28.4 Å². The fourth-order valence-electron chi connectivity index (χ4n) is 9.13. The van der Waals surface area contributed by atoms with Gasteiger partial charge >= 0.3 is 5.97 Å². The normalized spacial score (nSPS) is 25.0. The number of ether oxygens (including phenoxy) is 6. The Kier molecular flexibility index (Phi) is 44.2. The minimum absolute atomic E-state index is 0.0521. The van der Waals surface area contributed by atoms with Gasteiger partial charge in [0.15, 0.2) is 12.6 Å². The van der Waals surface area contributed by atoms with Crippen molar-refractivity contribution in [3.8, 4) is 0 Å². The highest BCUT2D eigenvalue weighted by Crippen LogP contribution is 2.27. The van der Waals surface area contributed by atoms with Crippen molar-refractivity contribution < 1.29 is 69.0 Å². The molecule has 0 aromatic heterocycles. The Morgan fingerprint density at radius 3 is 1.36 bits per heavy atom. The van der Waals surface area contributed by atoms with Crippen molar-refractivity contribution >= 4 is 5.97 Å². The Labute approximate surface area is 459 Å². The van der Waals surface area contributed by atoms with Gasteiger partial charge in [-0.15, -0.1) is 0 Å². The molecule has 2 aliphatic heterocycles. The largest absolute Gasteiger partial charge is 0.457 e. The summed E-state index contributed by atoms with van der Waals surface area (Å²) in [5.74, 6) is -0.389. The van der Waals surface area contributed by atoms with Gasteiger partial charge in [0.25, 0.3) is 0 Å². The molecule has 11 unspecified atom stereocenters. The molecule has 14 heteroatoms. The van der Waals surface area contributed by atoms with E-state index in [2.05, 4.69) is 86.8 Å². The van der Waals surface area contributed by atoms with Crippen LogP contribution in [0.5, 0.6) is 0 Å². The van der Waals surface area contributed by atoms with Crippen molar-refractivity contribution in [2.75, 3.05) is 33.0 Å². The molecule has 0 spiro atoms. The number of hydrogen-bond acceptors (Lipinski definition) is 14. The number of aliphatic hydroxyl groups excluding tert-OH is 7. The van der Waals surface area contributed by atoms with Gasteiger partial charge in [-0.25, -0.2) is 0 Å². The molecule has 2 heterocycles. The second-order valence-corrected chi connectivity index (χ2v) is 20.8. The molecule has 7 N–H and O–H groups in total. The number of carbonyl (C=O) groups is 1. The Hall–Kier alpha value is -2.57. The number of aliphatic hydroxyl groups is 7. The summed E-state index contributed by atoms with van der Waals surface area (Å²) in [6, 6.07) is 0. The summed E-state index contributed by atoms with van der Waals surface area (Å²) < 4.78 is 34.4. The smallest absolute Gasteiger partial charge is 0.306 e. The number of hydrogen-bond donors (Lipinski definition) is 7. The van der Waals surface area contributed by atoms with Gasteiger partial charge in [0, 0.05) is 13.0 Å². The Morgan fingerprint density at radius 2 is 0.855 bits per heavy atom. The Bertz CT molecular complexity index is 1530. The molecule has 2 saturated heterocycles. The molecule has 0 bridgehead atoms. The highest BCUT2D eigenvalue weighted by Gasteiger charge is 2.47. The van der Waals surface area contributed by atoms with Crippen LogP contribution in [0.4, 0.5) is 0 Å². The molecule has 11 atom stereocenters. The first-order chi connectivity index (χ1) is 37.1. The maximum atomic E-state index is 13.1. The lowest BCUT2D eigenvalue weighted by Crippen LogP contribution is -2.61. The second kappa shape index (κ2) is 48.3. The first kappa shape index (κ1) is 69.5. The third-order valence-corrected chi connectivity index (χ3v) is 13.9. The van der Waals surface area contributed by atoms with Gasteiger partial charge in [-0.2, -0.15) is 0 Å². The standard InChI is InChI=1S/C62H108O14/c1-3-5-7-9-11-13-15-17-19-21-23-24-25-26-27-29-31-33-35-37-39-41-43-45-54(64)74-51(48-71-46-44-42-40-38-36-34-32-30-28-22-20-18-16-14-12-10-8-6-4-2)49-72-61-60(70)58(68)56(66)53(76-61)50-73-62-59(69)57(67)55(65)52(47-63)75-62/h5,7,11,13,17,19-20,22-24,26-27,51-53,55-63,65-70H,3-4,6,8-10,12,14-16,18,21,25,28-50H2,1-2H3/b7-5-,13-11-,19-17-,22-20-,24-23-,27-26-. The fourth-order valence-corrected chi connectivity index (χ4v) is 9.13. The molecule has 0 aliphatic carbocycles. The van der Waals surface area contributed by atoms with Crippen LogP contribution in [0.15, 0.2) is 72.9 Å². The van der Waals surface area contributed by atoms with Crippen molar-refractivity contribution in [3.05, 3.63) is 72.9 Å². The topological polar surface area (TPSA) is 214 Å². The van der Waals surface area contributed by atoms with Crippen molar-refractivity contribution in [3.63, 3.8) is 0 Å². The average Bonchev–Trinajstić information content (AvgIpc) is 3.42. The first-order valence-electron chi connectivity index (χ1n) is 30.0. The molecule has 2 rings (SSSR count). The Morgan fingerprint density at radius 1 is 0.447 bits per heavy atom. The zero-order valence-electron chi connectivity index (χ0n) is 47.2. The van der Waals surface area contributed by atoms with E-state index in [-0.39, 0.29) is 25.6 Å². The molecular formula is C62H108O14. The molecule has 0 aromatic carbocycles. The summed E-state index contributed by atoms with van der Waals surface area (Å²) in [5.41, 5.74) is 0. The molecule has 2 aliphatic rings. The highest BCUT2D eigenvalue weighted by molar-refractivity contribution is 5.69. The van der Waals surface area contributed by atoms with E-state index >= 15 is 0 Å². The van der Waals surface area contributed by atoms with Crippen molar-refractivity contribution in [1.29, 1.82) is 0 Å². The molecule has 14 nitrogen and oxygen atoms in total. The molecule has 0 aromatic rings. The van der Waals surface area contributed by atoms with E-state index in [1.165, 1.54) is 103 Å². The summed E-state index contributed by atoms with van der Waals surface area (Å²) in [4.78, 5) is 13.1. The lowest BCUT2D eigenvalue weighted by molar-refractivity contribution is -0.332. The maximum absolute atomic E-state index is 13.1. The fraction of sp³-hybridized carbons (Fsp3) is 0.790. The predicted molar refractivity (Wildman–Crippen MR) is 302 cm³/mol. The van der Waals surface area contributed by atoms with Crippen molar-refractivity contribution in [2.24, 2.45) is 0 Å². The van der Waals surface area contributed by atoms with Crippen LogP contribution in [0.3, 0.4) is 0 Å². The monoisotopic (exact) mass is 1080 g/mol. The molecule has 2 fully saturated rings. The lowest BCUT2D eigenvalue weighted by atomic mass is 9.98. The summed E-state index contributed by atoms with van der Waals surface area (Å²) in [6.07, 6.45) is 45.3. The van der Waals surface area contributed by atoms with Gasteiger partial charge in [-0.3, -0.25) is 4.79 Å². The highest BCUT2D eigenvalue weighted by atomic mass is 16.7. The van der Waals surface area contributed by atoms with E-state index in [0.29, 0.717) is 13.0 Å². The number of unbranched alkanes of at least 4 members (excludes halogenated alkanes) is 22. The van der Waals surface area contributed by atoms with Crippen molar-refractivity contribution in [2.45, 2.75) is 280 Å². The zero-order valence-corrected chi connectivity index (χ0v) is 47.2. The SMILES string of the molecule is CC/C=C\C/C=C\C/C=C\C/C=C\C/C=C\CCCCCCCCCC(=O)OC(COCCCCCCCCCC/C=C\CCCCCCCCC)COC1OC(COC2OC(CO)C(O)C(O)C2O)C(O)C(O)C1O. The van der Waals surface area contributed by atoms with E-state index in [9.17, 15) is 40.5 Å². The van der Waals surface area contributed by atoms with Crippen LogP contribution in [-0.2, 0) is 33.2 Å². The van der Waals surface area contributed by atoms with Crippen LogP contribution in [-0.4, -0.2) is 142 Å². The van der Waals surface area contributed by atoms with Gasteiger partial charge in [0.05, 0.1) is 26.4 Å². The molecule has 0 radical (unpaired) electrons. The van der Waals surface area contributed by atoms with Gasteiger partial charge in [0.1, 0.15) is 54.9 Å². The first-order valence-corrected chi connectivity index (χ1v) is 30.0. The van der Waals surface area contributed by atoms with Gasteiger partial charge in [-0.05, 0) is 83.5 Å². The minimum Gasteiger partial charge on any atom is -0.457 e. The van der Waals surface area contributed by atoms with Crippen LogP contribution in [0.1, 0.15) is 213 Å².